The van der Waals surface area contributed by atoms with Gasteiger partial charge in [0, 0.05) is 29.7 Å². The first-order valence-corrected chi connectivity index (χ1v) is 9.36. The number of hydrogen-bond acceptors (Lipinski definition) is 4. The summed E-state index contributed by atoms with van der Waals surface area (Å²) < 4.78 is 32.0. The molecule has 1 fully saturated rings. The molecule has 1 aliphatic rings. The quantitative estimate of drug-likeness (QED) is 0.793. The van der Waals surface area contributed by atoms with Gasteiger partial charge in [0.15, 0.2) is 0 Å². The van der Waals surface area contributed by atoms with Gasteiger partial charge in [-0.25, -0.2) is 8.42 Å². The molecule has 1 heterocycles. The zero-order valence-electron chi connectivity index (χ0n) is 11.5. The average molecular weight is 336 g/mol. The smallest absolute Gasteiger partial charge is 0.243 e. The number of halogens is 1. The van der Waals surface area contributed by atoms with Crippen molar-refractivity contribution in [3.63, 3.8) is 0 Å². The van der Waals surface area contributed by atoms with E-state index in [9.17, 15) is 8.42 Å². The normalized spacial score (nSPS) is 20.9. The highest BCUT2D eigenvalue weighted by Gasteiger charge is 2.29. The van der Waals surface area contributed by atoms with Crippen LogP contribution in [0.1, 0.15) is 12.5 Å². The predicted molar refractivity (Wildman–Crippen MR) is 83.2 cm³/mol. The summed E-state index contributed by atoms with van der Waals surface area (Å²) in [5.41, 5.74) is 0.690. The van der Waals surface area contributed by atoms with Crippen LogP contribution in [-0.2, 0) is 15.9 Å². The Balaban J connectivity index is 2.34. The number of sulfonamides is 1. The maximum absolute atomic E-state index is 12.6. The molecule has 4 nitrogen and oxygen atoms in total. The second kappa shape index (κ2) is 6.56. The lowest BCUT2D eigenvalue weighted by atomic mass is 10.2. The molecule has 1 unspecified atom stereocenters. The minimum atomic E-state index is -3.45. The number of nitrogens with zero attached hydrogens (tertiary/aromatic N) is 1. The Bertz CT molecular complexity index is 577. The van der Waals surface area contributed by atoms with Crippen molar-refractivity contribution in [1.82, 2.24) is 4.31 Å². The monoisotopic (exact) mass is 335 g/mol. The molecule has 1 aromatic rings. The molecule has 0 spiro atoms. The Kier molecular flexibility index (Phi) is 5.23. The third kappa shape index (κ3) is 3.24. The lowest BCUT2D eigenvalue weighted by molar-refractivity contribution is 0.409. The summed E-state index contributed by atoms with van der Waals surface area (Å²) in [6.07, 6.45) is 0. The fraction of sp³-hybridized carbons (Fsp3) is 0.538. The van der Waals surface area contributed by atoms with Crippen molar-refractivity contribution in [2.75, 3.05) is 26.0 Å². The van der Waals surface area contributed by atoms with Crippen LogP contribution in [0.25, 0.3) is 0 Å². The van der Waals surface area contributed by atoms with E-state index in [1.54, 1.807) is 41.4 Å². The minimum absolute atomic E-state index is 0.221. The first-order chi connectivity index (χ1) is 9.48. The molecule has 7 heteroatoms. The van der Waals surface area contributed by atoms with E-state index in [-0.39, 0.29) is 10.8 Å². The van der Waals surface area contributed by atoms with Crippen LogP contribution in [0.2, 0.25) is 0 Å². The SMILES string of the molecule is COc1ccc(S(=O)(=O)N2CCSC(C)C2)cc1CCl. The minimum Gasteiger partial charge on any atom is -0.496 e. The second-order valence-corrected chi connectivity index (χ2v) is 8.40. The summed E-state index contributed by atoms with van der Waals surface area (Å²) in [7, 11) is -1.90. The summed E-state index contributed by atoms with van der Waals surface area (Å²) in [4.78, 5) is 0.285. The van der Waals surface area contributed by atoms with E-state index in [1.807, 2.05) is 6.92 Å². The Morgan fingerprint density at radius 2 is 2.25 bits per heavy atom. The summed E-state index contributed by atoms with van der Waals surface area (Å²) in [6, 6.07) is 4.84. The van der Waals surface area contributed by atoms with Gasteiger partial charge in [-0.05, 0) is 18.2 Å². The van der Waals surface area contributed by atoms with Crippen molar-refractivity contribution < 1.29 is 13.2 Å². The molecular formula is C13H18ClNO3S2. The third-order valence-corrected chi connectivity index (χ3v) is 6.52. The van der Waals surface area contributed by atoms with Crippen LogP contribution in [0.4, 0.5) is 0 Å². The number of rotatable bonds is 4. The predicted octanol–water partition coefficient (Wildman–Crippen LogP) is 2.56. The van der Waals surface area contributed by atoms with E-state index in [4.69, 9.17) is 16.3 Å². The molecule has 112 valence electrons. The van der Waals surface area contributed by atoms with Gasteiger partial charge in [-0.2, -0.15) is 16.1 Å². The molecule has 0 aliphatic carbocycles. The maximum atomic E-state index is 12.6. The largest absolute Gasteiger partial charge is 0.496 e. The molecular weight excluding hydrogens is 318 g/mol. The van der Waals surface area contributed by atoms with Gasteiger partial charge in [0.1, 0.15) is 5.75 Å². The van der Waals surface area contributed by atoms with Crippen molar-refractivity contribution in [2.24, 2.45) is 0 Å². The number of ether oxygens (including phenoxy) is 1. The lowest BCUT2D eigenvalue weighted by Crippen LogP contribution is -2.40. The molecule has 0 aromatic heterocycles. The van der Waals surface area contributed by atoms with E-state index in [1.165, 1.54) is 0 Å². The van der Waals surface area contributed by atoms with Crippen molar-refractivity contribution in [2.45, 2.75) is 22.9 Å². The summed E-state index contributed by atoms with van der Waals surface area (Å²) in [6.45, 7) is 3.15. The number of alkyl halides is 1. The van der Waals surface area contributed by atoms with E-state index in [0.717, 1.165) is 5.75 Å². The number of methoxy groups -OCH3 is 1. The molecule has 2 rings (SSSR count). The summed E-state index contributed by atoms with van der Waals surface area (Å²) >= 11 is 7.65. The van der Waals surface area contributed by atoms with Crippen LogP contribution in [-0.4, -0.2) is 43.9 Å². The zero-order chi connectivity index (χ0) is 14.8. The molecule has 0 radical (unpaired) electrons. The molecule has 1 saturated heterocycles. The summed E-state index contributed by atoms with van der Waals surface area (Å²) in [5, 5.41) is 0.323. The van der Waals surface area contributed by atoms with Crippen LogP contribution in [0.5, 0.6) is 5.75 Å². The molecule has 0 N–H and O–H groups in total. The fourth-order valence-electron chi connectivity index (χ4n) is 2.17. The molecule has 0 bridgehead atoms. The van der Waals surface area contributed by atoms with Crippen molar-refractivity contribution in [3.05, 3.63) is 23.8 Å². The molecule has 1 aromatic carbocycles. The molecule has 20 heavy (non-hydrogen) atoms. The Morgan fingerprint density at radius 1 is 1.50 bits per heavy atom. The first-order valence-electron chi connectivity index (χ1n) is 6.33. The highest BCUT2D eigenvalue weighted by atomic mass is 35.5. The third-order valence-electron chi connectivity index (χ3n) is 3.24. The van der Waals surface area contributed by atoms with E-state index in [0.29, 0.717) is 29.7 Å². The van der Waals surface area contributed by atoms with Crippen LogP contribution >= 0.6 is 23.4 Å². The second-order valence-electron chi connectivity index (χ2n) is 4.65. The van der Waals surface area contributed by atoms with E-state index < -0.39 is 10.0 Å². The number of thioether (sulfide) groups is 1. The highest BCUT2D eigenvalue weighted by Crippen LogP contribution is 2.28. The number of benzene rings is 1. The van der Waals surface area contributed by atoms with Crippen LogP contribution in [0.15, 0.2) is 23.1 Å². The van der Waals surface area contributed by atoms with Gasteiger partial charge < -0.3 is 4.74 Å². The first kappa shape index (κ1) is 15.9. The summed E-state index contributed by atoms with van der Waals surface area (Å²) in [5.74, 6) is 1.67. The van der Waals surface area contributed by atoms with Gasteiger partial charge in [0.05, 0.1) is 17.9 Å². The van der Waals surface area contributed by atoms with Gasteiger partial charge in [-0.15, -0.1) is 11.6 Å². The Hall–Kier alpha value is -0.430. The Labute approximate surface area is 129 Å². The average Bonchev–Trinajstić information content (AvgIpc) is 2.46. The fourth-order valence-corrected chi connectivity index (χ4v) is 5.19. The highest BCUT2D eigenvalue weighted by molar-refractivity contribution is 8.00. The molecule has 0 saturated carbocycles. The van der Waals surface area contributed by atoms with Gasteiger partial charge in [0.2, 0.25) is 10.0 Å². The van der Waals surface area contributed by atoms with Crippen molar-refractivity contribution in [1.29, 1.82) is 0 Å². The van der Waals surface area contributed by atoms with Crippen LogP contribution in [0.3, 0.4) is 0 Å². The lowest BCUT2D eigenvalue weighted by Gasteiger charge is -2.29. The van der Waals surface area contributed by atoms with E-state index in [2.05, 4.69) is 0 Å². The molecule has 0 amide bonds. The van der Waals surface area contributed by atoms with Gasteiger partial charge in [0.25, 0.3) is 0 Å². The number of hydrogen-bond donors (Lipinski definition) is 0. The van der Waals surface area contributed by atoms with Gasteiger partial charge in [-0.3, -0.25) is 0 Å². The maximum Gasteiger partial charge on any atom is 0.243 e. The topological polar surface area (TPSA) is 46.6 Å². The van der Waals surface area contributed by atoms with E-state index >= 15 is 0 Å². The standard InChI is InChI=1S/C13H18ClNO3S2/c1-10-9-15(5-6-19-10)20(16,17)12-3-4-13(18-2)11(7-12)8-14/h3-4,7,10H,5-6,8-9H2,1-2H3. The molecule has 1 aliphatic heterocycles. The zero-order valence-corrected chi connectivity index (χ0v) is 13.9. The van der Waals surface area contributed by atoms with Gasteiger partial charge >= 0.3 is 0 Å². The van der Waals surface area contributed by atoms with Crippen molar-refractivity contribution in [3.8, 4) is 5.75 Å². The Morgan fingerprint density at radius 3 is 2.85 bits per heavy atom. The van der Waals surface area contributed by atoms with Gasteiger partial charge in [-0.1, -0.05) is 6.92 Å². The molecule has 1 atom stereocenters. The van der Waals surface area contributed by atoms with Crippen LogP contribution < -0.4 is 4.74 Å². The van der Waals surface area contributed by atoms with Crippen LogP contribution in [0, 0.1) is 0 Å². The van der Waals surface area contributed by atoms with Crippen molar-refractivity contribution >= 4 is 33.4 Å².